The van der Waals surface area contributed by atoms with Crippen molar-refractivity contribution in [3.05, 3.63) is 93.1 Å². The number of carbonyl (C=O) groups is 1. The smallest absolute Gasteiger partial charge is 0.244 e. The van der Waals surface area contributed by atoms with Gasteiger partial charge in [-0.25, -0.2) is 0 Å². The van der Waals surface area contributed by atoms with Gasteiger partial charge in [-0.1, -0.05) is 36.8 Å². The average molecular weight is 502 g/mol. The minimum absolute atomic E-state index is 0.0924. The molecule has 1 aliphatic carbocycles. The third kappa shape index (κ3) is 4.90. The van der Waals surface area contributed by atoms with E-state index in [2.05, 4.69) is 45.3 Å². The Hall–Kier alpha value is -3.55. The average Bonchev–Trinajstić information content (AvgIpc) is 3.45. The maximum absolute atomic E-state index is 14.5. The fourth-order valence-corrected chi connectivity index (χ4v) is 5.52. The molecule has 0 saturated heterocycles. The van der Waals surface area contributed by atoms with Gasteiger partial charge in [0.1, 0.15) is 0 Å². The summed E-state index contributed by atoms with van der Waals surface area (Å²) in [6.07, 6.45) is 6.71. The number of aliphatic hydroxyl groups is 1. The van der Waals surface area contributed by atoms with Gasteiger partial charge in [-0.3, -0.25) is 9.89 Å². The van der Waals surface area contributed by atoms with Crippen LogP contribution >= 0.6 is 11.3 Å². The first kappa shape index (κ1) is 24.2. The largest absolute Gasteiger partial charge is 0.395 e. The summed E-state index contributed by atoms with van der Waals surface area (Å²) in [7, 11) is 0. The first-order valence-corrected chi connectivity index (χ1v) is 13.1. The van der Waals surface area contributed by atoms with Crippen LogP contribution in [0.3, 0.4) is 0 Å². The number of hydrogen-bond donors (Lipinski definition) is 3. The van der Waals surface area contributed by atoms with E-state index in [0.717, 1.165) is 35.1 Å². The third-order valence-electron chi connectivity index (χ3n) is 6.76. The zero-order valence-electron chi connectivity index (χ0n) is 20.1. The number of aliphatic hydroxyl groups excluding tert-OH is 1. The summed E-state index contributed by atoms with van der Waals surface area (Å²) < 4.78 is 14.5. The lowest BCUT2D eigenvalue weighted by atomic mass is 9.73. The first-order valence-electron chi connectivity index (χ1n) is 12.1. The van der Waals surface area contributed by atoms with E-state index in [4.69, 9.17) is 5.11 Å². The predicted octanol–water partition coefficient (Wildman–Crippen LogP) is 5.95. The Morgan fingerprint density at radius 1 is 1.19 bits per heavy atom. The zero-order valence-corrected chi connectivity index (χ0v) is 20.9. The molecule has 1 saturated carbocycles. The van der Waals surface area contributed by atoms with Crippen molar-refractivity contribution in [2.24, 2.45) is 5.92 Å². The van der Waals surface area contributed by atoms with Crippen molar-refractivity contribution < 1.29 is 14.3 Å². The fraction of sp³-hybridized carbons (Fsp3) is 0.241. The van der Waals surface area contributed by atoms with Crippen molar-refractivity contribution in [2.75, 3.05) is 13.2 Å². The summed E-state index contributed by atoms with van der Waals surface area (Å²) in [5, 5.41) is 22.9. The number of fused-ring (bicyclic) bond motifs is 1. The van der Waals surface area contributed by atoms with Gasteiger partial charge in [0.15, 0.2) is 0 Å². The van der Waals surface area contributed by atoms with Gasteiger partial charge in [0.05, 0.1) is 17.5 Å². The molecule has 0 radical (unpaired) electrons. The number of aryl methyl sites for hydroxylation is 1. The van der Waals surface area contributed by atoms with E-state index < -0.39 is 5.95 Å². The lowest BCUT2D eigenvalue weighted by Crippen LogP contribution is -2.24. The highest BCUT2D eigenvalue weighted by molar-refractivity contribution is 7.08. The molecule has 0 unspecified atom stereocenters. The highest BCUT2D eigenvalue weighted by Crippen LogP contribution is 2.46. The summed E-state index contributed by atoms with van der Waals surface area (Å²) in [5.74, 6) is -0.222. The minimum Gasteiger partial charge on any atom is -0.395 e. The lowest BCUT2D eigenvalue weighted by molar-refractivity contribution is -0.116. The molecule has 2 heterocycles. The van der Waals surface area contributed by atoms with Crippen LogP contribution in [0.15, 0.2) is 59.3 Å². The molecule has 3 N–H and O–H groups in total. The summed E-state index contributed by atoms with van der Waals surface area (Å²) in [6, 6.07) is 13.9. The molecule has 5 nitrogen and oxygen atoms in total. The van der Waals surface area contributed by atoms with Crippen LogP contribution in [0, 0.1) is 18.8 Å². The second-order valence-corrected chi connectivity index (χ2v) is 9.87. The van der Waals surface area contributed by atoms with E-state index in [1.54, 1.807) is 17.4 Å². The van der Waals surface area contributed by atoms with Crippen LogP contribution in [0.4, 0.5) is 4.39 Å². The van der Waals surface area contributed by atoms with Gasteiger partial charge in [0, 0.05) is 12.6 Å². The number of amides is 1. The molecule has 0 bridgehead atoms. The van der Waals surface area contributed by atoms with Crippen LogP contribution in [-0.4, -0.2) is 34.4 Å². The first-order chi connectivity index (χ1) is 17.5. The summed E-state index contributed by atoms with van der Waals surface area (Å²) in [6.45, 7) is 2.28. The Kier molecular flexibility index (Phi) is 7.11. The number of nitrogens with one attached hydrogen (secondary N) is 2. The molecule has 0 atom stereocenters. The third-order valence-corrected chi connectivity index (χ3v) is 7.62. The molecule has 0 spiro atoms. The Labute approximate surface area is 213 Å². The molecule has 1 aliphatic rings. The summed E-state index contributed by atoms with van der Waals surface area (Å²) >= 11 is 1.71. The number of hydrogen-bond acceptors (Lipinski definition) is 4. The quantitative estimate of drug-likeness (QED) is 0.261. The van der Waals surface area contributed by atoms with Crippen LogP contribution in [0.1, 0.15) is 47.1 Å². The topological polar surface area (TPSA) is 78.0 Å². The Balaban J connectivity index is 1.62. The van der Waals surface area contributed by atoms with Gasteiger partial charge in [-0.05, 0) is 93.6 Å². The Morgan fingerprint density at radius 3 is 2.64 bits per heavy atom. The molecular weight excluding hydrogens is 473 g/mol. The molecule has 5 rings (SSSR count). The minimum atomic E-state index is -0.428. The normalized spacial score (nSPS) is 14.8. The maximum atomic E-state index is 14.5. The molecular formula is C29H28FN3O2S. The van der Waals surface area contributed by atoms with Crippen molar-refractivity contribution in [1.29, 1.82) is 0 Å². The number of H-pyrrole nitrogens is 1. The fourth-order valence-electron chi connectivity index (χ4n) is 4.67. The molecule has 36 heavy (non-hydrogen) atoms. The molecule has 1 fully saturated rings. The number of halogens is 1. The molecule has 7 heteroatoms. The molecule has 2 aromatic heterocycles. The van der Waals surface area contributed by atoms with Gasteiger partial charge in [0.25, 0.3) is 0 Å². The number of thiophene rings is 1. The monoisotopic (exact) mass is 501 g/mol. The van der Waals surface area contributed by atoms with Gasteiger partial charge in [-0.2, -0.15) is 20.8 Å². The number of benzene rings is 2. The predicted molar refractivity (Wildman–Crippen MR) is 144 cm³/mol. The summed E-state index contributed by atoms with van der Waals surface area (Å²) in [4.78, 5) is 11.9. The summed E-state index contributed by atoms with van der Waals surface area (Å²) in [5.41, 5.74) is 8.45. The molecule has 2 aromatic carbocycles. The molecule has 4 aromatic rings. The number of allylic oxidation sites excluding steroid dienone is 1. The van der Waals surface area contributed by atoms with Crippen LogP contribution in [0.5, 0.6) is 0 Å². The van der Waals surface area contributed by atoms with E-state index in [1.165, 1.54) is 29.2 Å². The number of carbonyl (C=O) groups excluding carboxylic acids is 1. The van der Waals surface area contributed by atoms with E-state index in [0.29, 0.717) is 16.8 Å². The van der Waals surface area contributed by atoms with E-state index in [-0.39, 0.29) is 19.1 Å². The van der Waals surface area contributed by atoms with Gasteiger partial charge in [0.2, 0.25) is 11.9 Å². The van der Waals surface area contributed by atoms with Gasteiger partial charge < -0.3 is 10.4 Å². The Bertz CT molecular complexity index is 1440. The molecule has 0 aliphatic heterocycles. The second-order valence-electron chi connectivity index (χ2n) is 9.12. The van der Waals surface area contributed by atoms with Crippen molar-refractivity contribution in [2.45, 2.75) is 26.2 Å². The van der Waals surface area contributed by atoms with Gasteiger partial charge in [-0.15, -0.1) is 0 Å². The number of rotatable bonds is 8. The lowest BCUT2D eigenvalue weighted by Gasteiger charge is -2.31. The van der Waals surface area contributed by atoms with E-state index in [9.17, 15) is 9.18 Å². The van der Waals surface area contributed by atoms with Crippen LogP contribution in [-0.2, 0) is 4.79 Å². The van der Waals surface area contributed by atoms with Crippen molar-refractivity contribution in [3.63, 3.8) is 0 Å². The standard InChI is InChI=1S/C29H28FN3O2S/c1-18-16-36-17-24(18)28(20-3-2-4-20)27(22-10-11-25-23(15-22)29(30)33-32-25)21-8-5-19(6-9-21)7-12-26(35)31-13-14-34/h5-12,15-17,20,34H,2-4,13-14H2,1H3,(H,31,35)(H,32,33). The van der Waals surface area contributed by atoms with Crippen molar-refractivity contribution in [3.8, 4) is 0 Å². The van der Waals surface area contributed by atoms with Crippen LogP contribution < -0.4 is 5.32 Å². The SMILES string of the molecule is Cc1cscc1C(=C(c1ccc(C=CC(=O)NCCO)cc1)c1ccc2n[nH]c(F)c2c1)C1CCC1. The maximum Gasteiger partial charge on any atom is 0.244 e. The Morgan fingerprint density at radius 2 is 1.97 bits per heavy atom. The number of nitrogens with zero attached hydrogens (tertiary/aromatic N) is 1. The van der Waals surface area contributed by atoms with Crippen molar-refractivity contribution in [1.82, 2.24) is 15.5 Å². The van der Waals surface area contributed by atoms with E-state index >= 15 is 0 Å². The van der Waals surface area contributed by atoms with Gasteiger partial charge >= 0.3 is 0 Å². The van der Waals surface area contributed by atoms with Crippen LogP contribution in [0.2, 0.25) is 0 Å². The zero-order chi connectivity index (χ0) is 25.1. The molecule has 184 valence electrons. The molecule has 1 amide bonds. The van der Waals surface area contributed by atoms with Crippen LogP contribution in [0.25, 0.3) is 28.1 Å². The highest BCUT2D eigenvalue weighted by atomic mass is 32.1. The van der Waals surface area contributed by atoms with Crippen molar-refractivity contribution >= 4 is 45.4 Å². The number of aromatic amines is 1. The second kappa shape index (κ2) is 10.6. The van der Waals surface area contributed by atoms with E-state index in [1.807, 2.05) is 30.3 Å². The number of aromatic nitrogens is 2. The highest BCUT2D eigenvalue weighted by Gasteiger charge is 2.28.